The molecule has 4 heteroatoms. The van der Waals surface area contributed by atoms with Crippen molar-refractivity contribution in [2.24, 2.45) is 0 Å². The molecule has 0 radical (unpaired) electrons. The molecule has 1 unspecified atom stereocenters. The zero-order chi connectivity index (χ0) is 13.5. The second-order valence-electron chi connectivity index (χ2n) is 4.63. The normalized spacial score (nSPS) is 12.5. The minimum Gasteiger partial charge on any atom is -0.313 e. The van der Waals surface area contributed by atoms with Gasteiger partial charge in [0.15, 0.2) is 0 Å². The zero-order valence-electron chi connectivity index (χ0n) is 11.1. The molecule has 0 aliphatic heterocycles. The molecule has 2 rings (SSSR count). The van der Waals surface area contributed by atoms with Crippen molar-refractivity contribution in [2.75, 3.05) is 6.54 Å². The summed E-state index contributed by atoms with van der Waals surface area (Å²) in [6, 6.07) is 8.67. The Bertz CT molecular complexity index is 484. The third kappa shape index (κ3) is 4.94. The second kappa shape index (κ2) is 7.63. The predicted octanol–water partition coefficient (Wildman–Crippen LogP) is 3.95. The van der Waals surface area contributed by atoms with Crippen LogP contribution in [0.5, 0.6) is 0 Å². The molecule has 0 spiro atoms. The molecule has 0 bridgehead atoms. The Morgan fingerprint density at radius 1 is 1.32 bits per heavy atom. The highest BCUT2D eigenvalue weighted by atomic mass is 35.5. The molecule has 0 fully saturated rings. The molecule has 2 heterocycles. The molecule has 0 aliphatic carbocycles. The van der Waals surface area contributed by atoms with Gasteiger partial charge in [0.2, 0.25) is 0 Å². The Morgan fingerprint density at radius 3 is 2.84 bits per heavy atom. The first-order chi connectivity index (χ1) is 9.28. The highest BCUT2D eigenvalue weighted by molar-refractivity contribution is 7.16. The van der Waals surface area contributed by atoms with Crippen molar-refractivity contribution in [2.45, 2.75) is 32.2 Å². The first-order valence-electron chi connectivity index (χ1n) is 6.64. The van der Waals surface area contributed by atoms with E-state index in [1.54, 1.807) is 11.3 Å². The number of nitrogens with one attached hydrogen (secondary N) is 1. The summed E-state index contributed by atoms with van der Waals surface area (Å²) in [7, 11) is 0. The van der Waals surface area contributed by atoms with Crippen molar-refractivity contribution < 1.29 is 0 Å². The van der Waals surface area contributed by atoms with Crippen LogP contribution in [-0.4, -0.2) is 17.6 Å². The number of hydrogen-bond acceptors (Lipinski definition) is 3. The third-order valence-electron chi connectivity index (χ3n) is 2.96. The summed E-state index contributed by atoms with van der Waals surface area (Å²) < 4.78 is 0.866. The Balaban J connectivity index is 1.99. The van der Waals surface area contributed by atoms with Gasteiger partial charge in [-0.25, -0.2) is 0 Å². The van der Waals surface area contributed by atoms with E-state index in [0.717, 1.165) is 30.1 Å². The Morgan fingerprint density at radius 2 is 2.21 bits per heavy atom. The van der Waals surface area contributed by atoms with Crippen LogP contribution in [0.15, 0.2) is 36.7 Å². The molecule has 0 saturated carbocycles. The van der Waals surface area contributed by atoms with Crippen molar-refractivity contribution in [1.82, 2.24) is 10.3 Å². The summed E-state index contributed by atoms with van der Waals surface area (Å²) >= 11 is 7.67. The SMILES string of the molecule is CCCNC(Cc1cccnc1)Cc1ccc(Cl)s1. The number of rotatable bonds is 7. The number of aromatic nitrogens is 1. The molecule has 0 aliphatic rings. The van der Waals surface area contributed by atoms with Crippen LogP contribution >= 0.6 is 22.9 Å². The zero-order valence-corrected chi connectivity index (χ0v) is 12.7. The summed E-state index contributed by atoms with van der Waals surface area (Å²) in [5, 5.41) is 3.61. The molecular formula is C15H19ClN2S. The standard InChI is InChI=1S/C15H19ClN2S/c1-2-7-18-13(9-12-4-3-8-17-11-12)10-14-5-6-15(16)19-14/h3-6,8,11,13,18H,2,7,9-10H2,1H3. The Labute approximate surface area is 123 Å². The fourth-order valence-electron chi connectivity index (χ4n) is 2.07. The quantitative estimate of drug-likeness (QED) is 0.836. The van der Waals surface area contributed by atoms with Crippen LogP contribution in [0.2, 0.25) is 4.34 Å². The highest BCUT2D eigenvalue weighted by Gasteiger charge is 2.11. The van der Waals surface area contributed by atoms with Gasteiger partial charge < -0.3 is 5.32 Å². The van der Waals surface area contributed by atoms with E-state index in [1.165, 1.54) is 10.4 Å². The summed E-state index contributed by atoms with van der Waals surface area (Å²) in [5.74, 6) is 0. The van der Waals surface area contributed by atoms with Gasteiger partial charge >= 0.3 is 0 Å². The van der Waals surface area contributed by atoms with Gasteiger partial charge in [0.25, 0.3) is 0 Å². The maximum atomic E-state index is 6.00. The van der Waals surface area contributed by atoms with Crippen LogP contribution in [0.25, 0.3) is 0 Å². The minimum atomic E-state index is 0.443. The largest absolute Gasteiger partial charge is 0.313 e. The number of nitrogens with zero attached hydrogens (tertiary/aromatic N) is 1. The fraction of sp³-hybridized carbons (Fsp3) is 0.400. The smallest absolute Gasteiger partial charge is 0.0931 e. The van der Waals surface area contributed by atoms with Gasteiger partial charge in [-0.2, -0.15) is 0 Å². The average Bonchev–Trinajstić information content (AvgIpc) is 2.82. The molecule has 1 N–H and O–H groups in total. The Hall–Kier alpha value is -0.900. The number of thiophene rings is 1. The van der Waals surface area contributed by atoms with Crippen molar-refractivity contribution >= 4 is 22.9 Å². The van der Waals surface area contributed by atoms with E-state index in [-0.39, 0.29) is 0 Å². The molecule has 0 aromatic carbocycles. The van der Waals surface area contributed by atoms with Crippen LogP contribution in [-0.2, 0) is 12.8 Å². The average molecular weight is 295 g/mol. The van der Waals surface area contributed by atoms with Gasteiger partial charge in [-0.3, -0.25) is 4.98 Å². The van der Waals surface area contributed by atoms with Gasteiger partial charge in [-0.05, 0) is 49.6 Å². The fourth-order valence-corrected chi connectivity index (χ4v) is 3.24. The lowest BCUT2D eigenvalue weighted by molar-refractivity contribution is 0.507. The summed E-state index contributed by atoms with van der Waals surface area (Å²) in [6.07, 6.45) is 6.93. The monoisotopic (exact) mass is 294 g/mol. The first-order valence-corrected chi connectivity index (χ1v) is 7.84. The molecule has 2 aromatic rings. The van der Waals surface area contributed by atoms with E-state index in [1.807, 2.05) is 24.5 Å². The molecule has 0 saturated heterocycles. The van der Waals surface area contributed by atoms with Crippen molar-refractivity contribution in [3.8, 4) is 0 Å². The summed E-state index contributed by atoms with van der Waals surface area (Å²) in [6.45, 7) is 3.24. The molecule has 2 aromatic heterocycles. The van der Waals surface area contributed by atoms with Gasteiger partial charge in [0, 0.05) is 23.3 Å². The molecule has 102 valence electrons. The number of pyridine rings is 1. The maximum Gasteiger partial charge on any atom is 0.0931 e. The predicted molar refractivity (Wildman–Crippen MR) is 83.1 cm³/mol. The highest BCUT2D eigenvalue weighted by Crippen LogP contribution is 2.23. The van der Waals surface area contributed by atoms with Crippen LogP contribution < -0.4 is 5.32 Å². The van der Waals surface area contributed by atoms with Crippen molar-refractivity contribution in [1.29, 1.82) is 0 Å². The van der Waals surface area contributed by atoms with E-state index in [0.29, 0.717) is 6.04 Å². The molecule has 0 amide bonds. The summed E-state index contributed by atoms with van der Waals surface area (Å²) in [4.78, 5) is 5.52. The lowest BCUT2D eigenvalue weighted by Gasteiger charge is -2.17. The number of hydrogen-bond donors (Lipinski definition) is 1. The van der Waals surface area contributed by atoms with Crippen molar-refractivity contribution in [3.05, 3.63) is 51.4 Å². The third-order valence-corrected chi connectivity index (χ3v) is 4.22. The van der Waals surface area contributed by atoms with Gasteiger partial charge in [-0.15, -0.1) is 11.3 Å². The lowest BCUT2D eigenvalue weighted by Crippen LogP contribution is -2.33. The van der Waals surface area contributed by atoms with E-state index in [4.69, 9.17) is 11.6 Å². The molecule has 2 nitrogen and oxygen atoms in total. The van der Waals surface area contributed by atoms with Crippen LogP contribution in [0.1, 0.15) is 23.8 Å². The lowest BCUT2D eigenvalue weighted by atomic mass is 10.0. The van der Waals surface area contributed by atoms with Crippen LogP contribution in [0.3, 0.4) is 0 Å². The van der Waals surface area contributed by atoms with Crippen molar-refractivity contribution in [3.63, 3.8) is 0 Å². The minimum absolute atomic E-state index is 0.443. The van der Waals surface area contributed by atoms with Gasteiger partial charge in [0.1, 0.15) is 0 Å². The van der Waals surface area contributed by atoms with E-state index >= 15 is 0 Å². The van der Waals surface area contributed by atoms with E-state index in [2.05, 4.69) is 29.4 Å². The van der Waals surface area contributed by atoms with Gasteiger partial charge in [-0.1, -0.05) is 24.6 Å². The Kier molecular flexibility index (Phi) is 5.83. The maximum absolute atomic E-state index is 6.00. The van der Waals surface area contributed by atoms with Crippen LogP contribution in [0.4, 0.5) is 0 Å². The second-order valence-corrected chi connectivity index (χ2v) is 6.43. The number of halogens is 1. The van der Waals surface area contributed by atoms with E-state index < -0.39 is 0 Å². The van der Waals surface area contributed by atoms with Crippen LogP contribution in [0, 0.1) is 0 Å². The topological polar surface area (TPSA) is 24.9 Å². The molecule has 1 atom stereocenters. The summed E-state index contributed by atoms with van der Waals surface area (Å²) in [5.41, 5.74) is 1.28. The van der Waals surface area contributed by atoms with E-state index in [9.17, 15) is 0 Å². The van der Waals surface area contributed by atoms with Gasteiger partial charge in [0.05, 0.1) is 4.34 Å². The molecule has 19 heavy (non-hydrogen) atoms. The molecular weight excluding hydrogens is 276 g/mol. The first kappa shape index (κ1) is 14.5.